The summed E-state index contributed by atoms with van der Waals surface area (Å²) in [6, 6.07) is 9.61. The van der Waals surface area contributed by atoms with Gasteiger partial charge in [0, 0.05) is 35.4 Å². The van der Waals surface area contributed by atoms with Crippen LogP contribution in [0.1, 0.15) is 18.1 Å². The van der Waals surface area contributed by atoms with Crippen molar-refractivity contribution < 1.29 is 4.21 Å². The number of nitrogens with one attached hydrogen (secondary N) is 1. The maximum Gasteiger partial charge on any atom is 0.0991 e. The zero-order valence-corrected chi connectivity index (χ0v) is 10.2. The highest BCUT2D eigenvalue weighted by Gasteiger charge is 1.97. The third kappa shape index (κ3) is 4.56. The van der Waals surface area contributed by atoms with Gasteiger partial charge >= 0.3 is 0 Å². The maximum atomic E-state index is 11.2. The summed E-state index contributed by atoms with van der Waals surface area (Å²) >= 11 is 0. The van der Waals surface area contributed by atoms with Crippen LogP contribution in [0.25, 0.3) is 0 Å². The lowest BCUT2D eigenvalue weighted by atomic mass is 10.1. The number of nitrogens with zero attached hydrogens (tertiary/aromatic N) is 1. The van der Waals surface area contributed by atoms with Crippen LogP contribution in [0.5, 0.6) is 0 Å². The molecule has 4 heteroatoms. The molecule has 0 heterocycles. The number of benzene rings is 1. The zero-order valence-electron chi connectivity index (χ0n) is 9.40. The summed E-state index contributed by atoms with van der Waals surface area (Å²) in [5.41, 5.74) is 1.76. The van der Waals surface area contributed by atoms with Gasteiger partial charge in [-0.15, -0.1) is 0 Å². The maximum absolute atomic E-state index is 11.2. The lowest BCUT2D eigenvalue weighted by Crippen LogP contribution is -2.20. The molecule has 0 saturated heterocycles. The van der Waals surface area contributed by atoms with Crippen molar-refractivity contribution in [3.63, 3.8) is 0 Å². The Morgan fingerprint density at radius 3 is 3.00 bits per heavy atom. The normalized spacial score (nSPS) is 12.0. The molecule has 0 bridgehead atoms. The van der Waals surface area contributed by atoms with Crippen molar-refractivity contribution in [1.82, 2.24) is 5.32 Å². The third-order valence-electron chi connectivity index (χ3n) is 2.21. The highest BCUT2D eigenvalue weighted by Crippen LogP contribution is 2.03. The SMILES string of the molecule is CCS(=O)CCNCc1cccc(C#N)c1. The molecule has 1 rings (SSSR count). The topological polar surface area (TPSA) is 52.9 Å². The molecule has 3 nitrogen and oxygen atoms in total. The molecule has 0 fully saturated rings. The zero-order chi connectivity index (χ0) is 11.8. The van der Waals surface area contributed by atoms with E-state index in [2.05, 4.69) is 11.4 Å². The quantitative estimate of drug-likeness (QED) is 0.760. The van der Waals surface area contributed by atoms with Crippen molar-refractivity contribution >= 4 is 10.8 Å². The summed E-state index contributed by atoms with van der Waals surface area (Å²) in [5, 5.41) is 11.9. The summed E-state index contributed by atoms with van der Waals surface area (Å²) in [7, 11) is -0.706. The first kappa shape index (κ1) is 12.9. The highest BCUT2D eigenvalue weighted by molar-refractivity contribution is 7.84. The van der Waals surface area contributed by atoms with E-state index in [9.17, 15) is 4.21 Å². The third-order valence-corrected chi connectivity index (χ3v) is 3.52. The van der Waals surface area contributed by atoms with Crippen molar-refractivity contribution in [2.45, 2.75) is 13.5 Å². The molecule has 0 amide bonds. The van der Waals surface area contributed by atoms with Crippen LogP contribution in [0, 0.1) is 11.3 Å². The fourth-order valence-corrected chi connectivity index (χ4v) is 1.97. The van der Waals surface area contributed by atoms with Gasteiger partial charge in [0.25, 0.3) is 0 Å². The number of hydrogen-bond donors (Lipinski definition) is 1. The number of rotatable bonds is 6. The molecule has 0 aliphatic heterocycles. The van der Waals surface area contributed by atoms with Gasteiger partial charge in [-0.2, -0.15) is 5.26 Å². The molecule has 1 atom stereocenters. The first-order valence-electron chi connectivity index (χ1n) is 5.31. The van der Waals surface area contributed by atoms with E-state index < -0.39 is 10.8 Å². The molecule has 0 aromatic heterocycles. The van der Waals surface area contributed by atoms with Crippen LogP contribution in [-0.2, 0) is 17.3 Å². The monoisotopic (exact) mass is 236 g/mol. The van der Waals surface area contributed by atoms with Crippen LogP contribution in [0.2, 0.25) is 0 Å². The molecule has 0 radical (unpaired) electrons. The van der Waals surface area contributed by atoms with Gasteiger partial charge in [-0.25, -0.2) is 0 Å². The summed E-state index contributed by atoms with van der Waals surface area (Å²) < 4.78 is 11.2. The number of hydrogen-bond acceptors (Lipinski definition) is 3. The van der Waals surface area contributed by atoms with Crippen LogP contribution in [0.3, 0.4) is 0 Å². The van der Waals surface area contributed by atoms with Gasteiger partial charge in [-0.1, -0.05) is 19.1 Å². The van der Waals surface area contributed by atoms with Gasteiger partial charge in [-0.3, -0.25) is 4.21 Å². The molecule has 0 aliphatic rings. The first-order valence-corrected chi connectivity index (χ1v) is 6.79. The Kier molecular flexibility index (Phi) is 5.76. The summed E-state index contributed by atoms with van der Waals surface area (Å²) in [5.74, 6) is 1.40. The van der Waals surface area contributed by atoms with E-state index in [4.69, 9.17) is 5.26 Å². The molecule has 1 aromatic carbocycles. The first-order chi connectivity index (χ1) is 7.76. The van der Waals surface area contributed by atoms with Gasteiger partial charge in [0.1, 0.15) is 0 Å². The lowest BCUT2D eigenvalue weighted by Gasteiger charge is -2.04. The average molecular weight is 236 g/mol. The molecular weight excluding hydrogens is 220 g/mol. The van der Waals surface area contributed by atoms with Gasteiger partial charge in [-0.05, 0) is 17.7 Å². The Labute approximate surface area is 98.9 Å². The van der Waals surface area contributed by atoms with Crippen LogP contribution < -0.4 is 5.32 Å². The molecule has 0 saturated carbocycles. The Morgan fingerprint density at radius 1 is 1.50 bits per heavy atom. The van der Waals surface area contributed by atoms with E-state index in [1.165, 1.54) is 0 Å². The summed E-state index contributed by atoms with van der Waals surface area (Å²) in [4.78, 5) is 0. The summed E-state index contributed by atoms with van der Waals surface area (Å²) in [6.07, 6.45) is 0. The van der Waals surface area contributed by atoms with Crippen molar-refractivity contribution in [2.75, 3.05) is 18.1 Å². The van der Waals surface area contributed by atoms with E-state index >= 15 is 0 Å². The molecular formula is C12H16N2OS. The van der Waals surface area contributed by atoms with E-state index in [0.717, 1.165) is 18.7 Å². The largest absolute Gasteiger partial charge is 0.312 e. The van der Waals surface area contributed by atoms with Crippen LogP contribution in [-0.4, -0.2) is 22.3 Å². The predicted octanol–water partition coefficient (Wildman–Crippen LogP) is 1.42. The van der Waals surface area contributed by atoms with E-state index in [-0.39, 0.29) is 0 Å². The fourth-order valence-electron chi connectivity index (χ4n) is 1.31. The second kappa shape index (κ2) is 7.15. The van der Waals surface area contributed by atoms with Crippen molar-refractivity contribution in [2.24, 2.45) is 0 Å². The smallest absolute Gasteiger partial charge is 0.0991 e. The fraction of sp³-hybridized carbons (Fsp3) is 0.417. The Balaban J connectivity index is 2.32. The minimum atomic E-state index is -0.706. The molecule has 1 unspecified atom stereocenters. The van der Waals surface area contributed by atoms with Gasteiger partial charge in [0.05, 0.1) is 11.6 Å². The average Bonchev–Trinajstić information content (AvgIpc) is 2.34. The minimum absolute atomic E-state index is 0.677. The van der Waals surface area contributed by atoms with Gasteiger partial charge < -0.3 is 5.32 Å². The predicted molar refractivity (Wildman–Crippen MR) is 66.4 cm³/mol. The Bertz CT molecular complexity index is 398. The van der Waals surface area contributed by atoms with Gasteiger partial charge in [0.2, 0.25) is 0 Å². The van der Waals surface area contributed by atoms with Crippen LogP contribution >= 0.6 is 0 Å². The summed E-state index contributed by atoms with van der Waals surface area (Å²) in [6.45, 7) is 3.39. The molecule has 86 valence electrons. The van der Waals surface area contributed by atoms with Crippen molar-refractivity contribution in [3.8, 4) is 6.07 Å². The van der Waals surface area contributed by atoms with Crippen LogP contribution in [0.15, 0.2) is 24.3 Å². The molecule has 16 heavy (non-hydrogen) atoms. The van der Waals surface area contributed by atoms with Crippen LogP contribution in [0.4, 0.5) is 0 Å². The van der Waals surface area contributed by atoms with E-state index in [1.54, 1.807) is 6.07 Å². The van der Waals surface area contributed by atoms with Crippen molar-refractivity contribution in [1.29, 1.82) is 5.26 Å². The van der Waals surface area contributed by atoms with E-state index in [0.29, 0.717) is 17.1 Å². The highest BCUT2D eigenvalue weighted by atomic mass is 32.2. The minimum Gasteiger partial charge on any atom is -0.312 e. The molecule has 0 aliphatic carbocycles. The van der Waals surface area contributed by atoms with Gasteiger partial charge in [0.15, 0.2) is 0 Å². The number of nitriles is 1. The second-order valence-corrected chi connectivity index (χ2v) is 5.29. The molecule has 0 spiro atoms. The standard InChI is InChI=1S/C12H16N2OS/c1-2-16(15)7-6-14-10-12-5-3-4-11(8-12)9-13/h3-5,8,14H,2,6-7,10H2,1H3. The Morgan fingerprint density at radius 2 is 2.31 bits per heavy atom. The van der Waals surface area contributed by atoms with E-state index in [1.807, 2.05) is 25.1 Å². The second-order valence-electron chi connectivity index (χ2n) is 3.42. The lowest BCUT2D eigenvalue weighted by molar-refractivity contribution is 0.674. The Hall–Kier alpha value is -1.18. The van der Waals surface area contributed by atoms with Crippen molar-refractivity contribution in [3.05, 3.63) is 35.4 Å². The molecule has 1 N–H and O–H groups in total. The molecule has 1 aromatic rings.